The Morgan fingerprint density at radius 3 is 2.35 bits per heavy atom. The summed E-state index contributed by atoms with van der Waals surface area (Å²) in [5.74, 6) is -1.70. The maximum atomic E-state index is 12.4. The number of hydrogen-bond acceptors (Lipinski definition) is 5. The van der Waals surface area contributed by atoms with Crippen LogP contribution in [0.4, 0.5) is 18.9 Å². The minimum absolute atomic E-state index is 0.371. The molecule has 0 aliphatic carbocycles. The average molecular weight is 252 g/mol. The molecular weight excluding hydrogens is 247 g/mol. The van der Waals surface area contributed by atoms with Gasteiger partial charge in [0, 0.05) is 0 Å². The molecule has 0 spiro atoms. The first-order chi connectivity index (χ1) is 7.64. The Balaban J connectivity index is 3.40. The van der Waals surface area contributed by atoms with Gasteiger partial charge in [0.15, 0.2) is 0 Å². The van der Waals surface area contributed by atoms with E-state index in [-0.39, 0.29) is 0 Å². The van der Waals surface area contributed by atoms with Crippen LogP contribution in [0.2, 0.25) is 0 Å². The number of carboxylic acids is 1. The lowest BCUT2D eigenvalue weighted by Gasteiger charge is -2.03. The summed E-state index contributed by atoms with van der Waals surface area (Å²) in [5, 5.41) is 23.6. The van der Waals surface area contributed by atoms with E-state index in [1.165, 1.54) is 0 Å². The van der Waals surface area contributed by atoms with Crippen LogP contribution in [-0.4, -0.2) is 20.7 Å². The van der Waals surface area contributed by atoms with E-state index in [4.69, 9.17) is 0 Å². The Morgan fingerprint density at radius 2 is 2.06 bits per heavy atom. The van der Waals surface area contributed by atoms with Gasteiger partial charge in [-0.25, -0.2) is 0 Å². The van der Waals surface area contributed by atoms with Crippen molar-refractivity contribution in [2.24, 2.45) is 0 Å². The topological polar surface area (TPSA) is 101 Å². The number of alkyl halides is 3. The van der Waals surface area contributed by atoms with E-state index >= 15 is 0 Å². The summed E-state index contributed by atoms with van der Waals surface area (Å²) in [6.45, 7) is -0.00787. The molecule has 0 fully saturated rings. The van der Waals surface area contributed by atoms with E-state index in [9.17, 15) is 33.2 Å². The lowest BCUT2D eigenvalue weighted by Crippen LogP contribution is -2.28. The van der Waals surface area contributed by atoms with E-state index in [0.29, 0.717) is 4.68 Å². The van der Waals surface area contributed by atoms with Crippen molar-refractivity contribution < 1.29 is 28.0 Å². The molecule has 10 heteroatoms. The monoisotopic (exact) mass is 252 g/mol. The third-order valence-electron chi connectivity index (χ3n) is 1.90. The molecule has 1 aromatic rings. The highest BCUT2D eigenvalue weighted by molar-refractivity contribution is 5.64. The zero-order chi connectivity index (χ0) is 13.4. The number of hydrogen-bond donors (Lipinski definition) is 0. The first kappa shape index (κ1) is 12.9. The number of aromatic nitrogens is 2. The van der Waals surface area contributed by atoms with Crippen LogP contribution in [0.5, 0.6) is 0 Å². The predicted molar refractivity (Wildman–Crippen MR) is 43.6 cm³/mol. The summed E-state index contributed by atoms with van der Waals surface area (Å²) in [7, 11) is 0. The maximum absolute atomic E-state index is 12.4. The highest BCUT2D eigenvalue weighted by Gasteiger charge is 2.44. The molecule has 0 atom stereocenters. The van der Waals surface area contributed by atoms with Crippen LogP contribution in [0.1, 0.15) is 11.4 Å². The molecule has 7 nitrogen and oxygen atoms in total. The lowest BCUT2D eigenvalue weighted by atomic mass is 10.3. The van der Waals surface area contributed by atoms with E-state index in [2.05, 4.69) is 5.10 Å². The Hall–Kier alpha value is -2.13. The van der Waals surface area contributed by atoms with Gasteiger partial charge in [0.25, 0.3) is 0 Å². The number of rotatable bonds is 3. The first-order valence-corrected chi connectivity index (χ1v) is 4.13. The normalized spacial score (nSPS) is 11.5. The van der Waals surface area contributed by atoms with Gasteiger partial charge in [-0.2, -0.15) is 18.3 Å². The molecular formula is C7H5F3N3O4-. The molecule has 0 amide bonds. The van der Waals surface area contributed by atoms with Crippen molar-refractivity contribution in [2.45, 2.75) is 19.6 Å². The van der Waals surface area contributed by atoms with E-state index < -0.39 is 40.7 Å². The van der Waals surface area contributed by atoms with Gasteiger partial charge in [-0.15, -0.1) is 0 Å². The number of carboxylic acid groups (broad SMARTS) is 1. The van der Waals surface area contributed by atoms with Crippen LogP contribution in [0, 0.1) is 17.0 Å². The Kier molecular flexibility index (Phi) is 3.07. The number of carbonyl (C=O) groups is 1. The van der Waals surface area contributed by atoms with Crippen molar-refractivity contribution in [1.29, 1.82) is 0 Å². The fourth-order valence-corrected chi connectivity index (χ4v) is 1.22. The highest BCUT2D eigenvalue weighted by Crippen LogP contribution is 2.36. The minimum atomic E-state index is -5.02. The first-order valence-electron chi connectivity index (χ1n) is 4.13. The zero-order valence-corrected chi connectivity index (χ0v) is 8.32. The summed E-state index contributed by atoms with van der Waals surface area (Å²) in [6, 6.07) is 0. The standard InChI is InChI=1S/C7H6F3N3O4/c1-3-5(13(16)17)6(7(8,9)10)11-12(3)2-4(14)15/h2H2,1H3,(H,14,15)/p-1. The second kappa shape index (κ2) is 4.03. The molecule has 0 unspecified atom stereocenters. The van der Waals surface area contributed by atoms with Crippen molar-refractivity contribution in [3.8, 4) is 0 Å². The van der Waals surface area contributed by atoms with Gasteiger partial charge in [0.2, 0.25) is 5.69 Å². The molecule has 0 N–H and O–H groups in total. The lowest BCUT2D eigenvalue weighted by molar-refractivity contribution is -0.388. The van der Waals surface area contributed by atoms with Crippen LogP contribution in [0.25, 0.3) is 0 Å². The van der Waals surface area contributed by atoms with Crippen molar-refractivity contribution >= 4 is 11.7 Å². The van der Waals surface area contributed by atoms with Crippen molar-refractivity contribution in [3.63, 3.8) is 0 Å². The third-order valence-corrected chi connectivity index (χ3v) is 1.90. The highest BCUT2D eigenvalue weighted by atomic mass is 19.4. The molecule has 17 heavy (non-hydrogen) atoms. The SMILES string of the molecule is Cc1c([N+](=O)[O-])c(C(F)(F)F)nn1CC(=O)[O-]. The van der Waals surface area contributed by atoms with Crippen LogP contribution >= 0.6 is 0 Å². The van der Waals surface area contributed by atoms with Crippen LogP contribution in [0.15, 0.2) is 0 Å². The van der Waals surface area contributed by atoms with E-state index in [1.807, 2.05) is 0 Å². The summed E-state index contributed by atoms with van der Waals surface area (Å²) in [5.41, 5.74) is -3.47. The zero-order valence-electron chi connectivity index (χ0n) is 8.32. The fourth-order valence-electron chi connectivity index (χ4n) is 1.22. The Bertz CT molecular complexity index is 479. The average Bonchev–Trinajstić information content (AvgIpc) is 2.42. The largest absolute Gasteiger partial charge is 0.548 e. The number of carbonyl (C=O) groups excluding carboxylic acids is 1. The number of nitro groups is 1. The van der Waals surface area contributed by atoms with E-state index in [0.717, 1.165) is 6.92 Å². The molecule has 0 radical (unpaired) electrons. The molecule has 1 aromatic heterocycles. The van der Waals surface area contributed by atoms with E-state index in [1.54, 1.807) is 0 Å². The maximum Gasteiger partial charge on any atom is 0.442 e. The Morgan fingerprint density at radius 1 is 1.53 bits per heavy atom. The summed E-state index contributed by atoms with van der Waals surface area (Å²) >= 11 is 0. The molecule has 94 valence electrons. The van der Waals surface area contributed by atoms with Gasteiger partial charge >= 0.3 is 11.9 Å². The fraction of sp³-hybridized carbons (Fsp3) is 0.429. The number of nitrogens with zero attached hydrogens (tertiary/aromatic N) is 3. The summed E-state index contributed by atoms with van der Waals surface area (Å²) in [6.07, 6.45) is -5.02. The van der Waals surface area contributed by atoms with Crippen LogP contribution in [-0.2, 0) is 17.5 Å². The van der Waals surface area contributed by atoms with Gasteiger partial charge in [0.1, 0.15) is 5.69 Å². The molecule has 0 saturated carbocycles. The Labute approximate surface area is 91.6 Å². The van der Waals surface area contributed by atoms with Gasteiger partial charge < -0.3 is 9.90 Å². The second-order valence-corrected chi connectivity index (χ2v) is 3.07. The third kappa shape index (κ3) is 2.52. The number of halogens is 3. The quantitative estimate of drug-likeness (QED) is 0.550. The molecule has 0 saturated heterocycles. The van der Waals surface area contributed by atoms with Gasteiger partial charge in [0.05, 0.1) is 17.4 Å². The summed E-state index contributed by atoms with van der Waals surface area (Å²) in [4.78, 5) is 19.5. The van der Waals surface area contributed by atoms with Gasteiger partial charge in [-0.1, -0.05) is 0 Å². The van der Waals surface area contributed by atoms with Crippen LogP contribution < -0.4 is 5.11 Å². The smallest absolute Gasteiger partial charge is 0.442 e. The predicted octanol–water partition coefficient (Wildman–Crippen LogP) is -0.132. The van der Waals surface area contributed by atoms with Crippen molar-refractivity contribution in [2.75, 3.05) is 0 Å². The minimum Gasteiger partial charge on any atom is -0.548 e. The molecule has 1 heterocycles. The van der Waals surface area contributed by atoms with Gasteiger partial charge in [-0.3, -0.25) is 14.8 Å². The molecule has 1 rings (SSSR count). The number of aliphatic carboxylic acids is 1. The van der Waals surface area contributed by atoms with Crippen molar-refractivity contribution in [3.05, 3.63) is 21.5 Å². The molecule has 0 aromatic carbocycles. The molecule has 0 bridgehead atoms. The molecule has 0 aliphatic rings. The molecule has 0 aliphatic heterocycles. The summed E-state index contributed by atoms with van der Waals surface area (Å²) < 4.78 is 37.6. The van der Waals surface area contributed by atoms with Gasteiger partial charge in [-0.05, 0) is 6.92 Å². The van der Waals surface area contributed by atoms with Crippen molar-refractivity contribution in [1.82, 2.24) is 9.78 Å². The van der Waals surface area contributed by atoms with Crippen LogP contribution in [0.3, 0.4) is 0 Å². The second-order valence-electron chi connectivity index (χ2n) is 3.07.